The Morgan fingerprint density at radius 1 is 1.43 bits per heavy atom. The molecule has 1 aliphatic heterocycles. The molecule has 2 N–H and O–H groups in total. The summed E-state index contributed by atoms with van der Waals surface area (Å²) >= 11 is 0. The van der Waals surface area contributed by atoms with Gasteiger partial charge in [0.2, 0.25) is 0 Å². The smallest absolute Gasteiger partial charge is 0.121 e. The van der Waals surface area contributed by atoms with Gasteiger partial charge in [-0.2, -0.15) is 0 Å². The number of nitrogens with two attached hydrogens (primary N) is 1. The fourth-order valence-electron chi connectivity index (χ4n) is 2.21. The molecule has 1 aromatic carbocycles. The van der Waals surface area contributed by atoms with E-state index in [-0.39, 0.29) is 0 Å². The minimum Gasteiger partial charge on any atom is -0.496 e. The van der Waals surface area contributed by atoms with Crippen LogP contribution in [0.15, 0.2) is 18.2 Å². The first kappa shape index (κ1) is 9.53. The lowest BCUT2D eigenvalue weighted by molar-refractivity contribution is -0.676. The quantitative estimate of drug-likeness (QED) is 0.753. The number of hydrogen-bond donors (Lipinski definition) is 1. The number of ether oxygens (including phenoxy) is 1. The van der Waals surface area contributed by atoms with Crippen molar-refractivity contribution in [3.63, 3.8) is 0 Å². The van der Waals surface area contributed by atoms with Crippen LogP contribution in [0.2, 0.25) is 0 Å². The minimum atomic E-state index is 0.680. The first-order valence-corrected chi connectivity index (χ1v) is 5.29. The predicted molar refractivity (Wildman–Crippen MR) is 56.5 cm³/mol. The monoisotopic (exact) mass is 192 g/mol. The van der Waals surface area contributed by atoms with Crippen LogP contribution in [0.4, 0.5) is 0 Å². The van der Waals surface area contributed by atoms with Crippen LogP contribution in [0.5, 0.6) is 5.75 Å². The fourth-order valence-corrected chi connectivity index (χ4v) is 2.21. The Morgan fingerprint density at radius 3 is 2.86 bits per heavy atom. The van der Waals surface area contributed by atoms with Crippen LogP contribution in [0.3, 0.4) is 0 Å². The van der Waals surface area contributed by atoms with Crippen molar-refractivity contribution in [3.8, 4) is 5.75 Å². The second-order valence-corrected chi connectivity index (χ2v) is 4.00. The fraction of sp³-hybridized carbons (Fsp3) is 0.500. The van der Waals surface area contributed by atoms with Gasteiger partial charge in [-0.3, -0.25) is 0 Å². The molecule has 2 nitrogen and oxygen atoms in total. The standard InChI is InChI=1S/C12H17NO/c1-9-8-10(5-6-12(9)14-2)11-4-3-7-13-11/h5-6,8,11,13H,3-4,7H2,1-2H3/p+1/t11-/m1/s1. The molecule has 0 aliphatic carbocycles. The number of quaternary nitrogens is 1. The molecule has 1 heterocycles. The molecule has 0 amide bonds. The zero-order valence-electron chi connectivity index (χ0n) is 8.92. The molecule has 0 saturated carbocycles. The van der Waals surface area contributed by atoms with Gasteiger partial charge < -0.3 is 10.1 Å². The van der Waals surface area contributed by atoms with E-state index in [1.54, 1.807) is 7.11 Å². The number of methoxy groups -OCH3 is 1. The Kier molecular flexibility index (Phi) is 2.73. The van der Waals surface area contributed by atoms with Gasteiger partial charge in [0.1, 0.15) is 11.8 Å². The summed E-state index contributed by atoms with van der Waals surface area (Å²) in [5.74, 6) is 0.992. The molecule has 1 saturated heterocycles. The molecule has 0 spiro atoms. The minimum absolute atomic E-state index is 0.680. The highest BCUT2D eigenvalue weighted by molar-refractivity contribution is 5.36. The van der Waals surface area contributed by atoms with Gasteiger partial charge in [0, 0.05) is 18.4 Å². The summed E-state index contributed by atoms with van der Waals surface area (Å²) in [6, 6.07) is 7.21. The maximum absolute atomic E-state index is 5.25. The lowest BCUT2D eigenvalue weighted by Crippen LogP contribution is -2.81. The van der Waals surface area contributed by atoms with Gasteiger partial charge in [-0.15, -0.1) is 0 Å². The van der Waals surface area contributed by atoms with Crippen LogP contribution >= 0.6 is 0 Å². The summed E-state index contributed by atoms with van der Waals surface area (Å²) in [6.07, 6.45) is 2.65. The van der Waals surface area contributed by atoms with Crippen LogP contribution in [0, 0.1) is 6.92 Å². The molecule has 1 fully saturated rings. The third kappa shape index (κ3) is 1.75. The van der Waals surface area contributed by atoms with E-state index in [1.807, 2.05) is 0 Å². The molecule has 76 valence electrons. The molecule has 1 atom stereocenters. The van der Waals surface area contributed by atoms with Crippen molar-refractivity contribution in [3.05, 3.63) is 29.3 Å². The molecule has 0 unspecified atom stereocenters. The highest BCUT2D eigenvalue weighted by atomic mass is 16.5. The van der Waals surface area contributed by atoms with E-state index in [0.29, 0.717) is 6.04 Å². The van der Waals surface area contributed by atoms with Crippen LogP contribution in [-0.2, 0) is 0 Å². The Hall–Kier alpha value is -1.02. The second-order valence-electron chi connectivity index (χ2n) is 4.00. The van der Waals surface area contributed by atoms with Gasteiger partial charge in [-0.25, -0.2) is 0 Å². The predicted octanol–water partition coefficient (Wildman–Crippen LogP) is 1.40. The summed E-state index contributed by atoms with van der Waals surface area (Å²) < 4.78 is 5.25. The van der Waals surface area contributed by atoms with Crippen molar-refractivity contribution in [2.45, 2.75) is 25.8 Å². The number of aryl methyl sites for hydroxylation is 1. The van der Waals surface area contributed by atoms with Crippen LogP contribution < -0.4 is 10.1 Å². The van der Waals surface area contributed by atoms with Gasteiger partial charge in [0.05, 0.1) is 13.7 Å². The maximum atomic E-state index is 5.25. The van der Waals surface area contributed by atoms with Gasteiger partial charge in [0.15, 0.2) is 0 Å². The van der Waals surface area contributed by atoms with Crippen LogP contribution in [-0.4, -0.2) is 13.7 Å². The Labute approximate surface area is 85.3 Å². The van der Waals surface area contributed by atoms with E-state index >= 15 is 0 Å². The number of benzene rings is 1. The summed E-state index contributed by atoms with van der Waals surface area (Å²) in [5.41, 5.74) is 2.69. The molecule has 2 heteroatoms. The summed E-state index contributed by atoms with van der Waals surface area (Å²) in [5, 5.41) is 2.43. The number of rotatable bonds is 2. The summed E-state index contributed by atoms with van der Waals surface area (Å²) in [6.45, 7) is 3.38. The lowest BCUT2D eigenvalue weighted by atomic mass is 10.0. The number of hydrogen-bond acceptors (Lipinski definition) is 1. The molecular weight excluding hydrogens is 174 g/mol. The first-order valence-electron chi connectivity index (χ1n) is 5.29. The van der Waals surface area contributed by atoms with Crippen molar-refractivity contribution < 1.29 is 10.1 Å². The van der Waals surface area contributed by atoms with Crippen molar-refractivity contribution in [2.24, 2.45) is 0 Å². The maximum Gasteiger partial charge on any atom is 0.121 e. The molecule has 2 rings (SSSR count). The third-order valence-corrected chi connectivity index (χ3v) is 3.02. The Balaban J connectivity index is 2.23. The molecule has 0 aromatic heterocycles. The Bertz CT molecular complexity index is 316. The second kappa shape index (κ2) is 4.01. The normalized spacial score (nSPS) is 21.1. The zero-order chi connectivity index (χ0) is 9.97. The zero-order valence-corrected chi connectivity index (χ0v) is 8.92. The molecule has 1 aromatic rings. The lowest BCUT2D eigenvalue weighted by Gasteiger charge is -2.10. The van der Waals surface area contributed by atoms with Crippen molar-refractivity contribution in [2.75, 3.05) is 13.7 Å². The summed E-state index contributed by atoms with van der Waals surface area (Å²) in [7, 11) is 1.73. The average molecular weight is 192 g/mol. The van der Waals surface area contributed by atoms with E-state index in [4.69, 9.17) is 4.74 Å². The van der Waals surface area contributed by atoms with Crippen LogP contribution in [0.1, 0.15) is 30.0 Å². The third-order valence-electron chi connectivity index (χ3n) is 3.02. The van der Waals surface area contributed by atoms with E-state index in [2.05, 4.69) is 30.4 Å². The van der Waals surface area contributed by atoms with E-state index in [0.717, 1.165) is 5.75 Å². The molecule has 0 bridgehead atoms. The van der Waals surface area contributed by atoms with Gasteiger partial charge >= 0.3 is 0 Å². The largest absolute Gasteiger partial charge is 0.496 e. The van der Waals surface area contributed by atoms with E-state index < -0.39 is 0 Å². The molecule has 14 heavy (non-hydrogen) atoms. The first-order chi connectivity index (χ1) is 6.81. The highest BCUT2D eigenvalue weighted by Crippen LogP contribution is 2.24. The average Bonchev–Trinajstić information content (AvgIpc) is 2.70. The van der Waals surface area contributed by atoms with Gasteiger partial charge in [0.25, 0.3) is 0 Å². The molecule has 1 aliphatic rings. The molecular formula is C12H18NO+. The van der Waals surface area contributed by atoms with Crippen molar-refractivity contribution >= 4 is 0 Å². The topological polar surface area (TPSA) is 25.8 Å². The summed E-state index contributed by atoms with van der Waals surface area (Å²) in [4.78, 5) is 0. The Morgan fingerprint density at radius 2 is 2.29 bits per heavy atom. The molecule has 0 radical (unpaired) electrons. The van der Waals surface area contributed by atoms with Crippen molar-refractivity contribution in [1.29, 1.82) is 0 Å². The van der Waals surface area contributed by atoms with Gasteiger partial charge in [-0.1, -0.05) is 0 Å². The van der Waals surface area contributed by atoms with Gasteiger partial charge in [-0.05, 0) is 30.7 Å². The van der Waals surface area contributed by atoms with Crippen LogP contribution in [0.25, 0.3) is 0 Å². The van der Waals surface area contributed by atoms with Crippen molar-refractivity contribution in [1.82, 2.24) is 0 Å². The SMILES string of the molecule is COc1ccc([C@H]2CCC[NH2+]2)cc1C. The van der Waals surface area contributed by atoms with E-state index in [1.165, 1.54) is 30.5 Å². The van der Waals surface area contributed by atoms with E-state index in [9.17, 15) is 0 Å². The highest BCUT2D eigenvalue weighted by Gasteiger charge is 2.20.